The van der Waals surface area contributed by atoms with Crippen molar-refractivity contribution in [1.29, 1.82) is 0 Å². The third-order valence-electron chi connectivity index (χ3n) is 4.76. The van der Waals surface area contributed by atoms with E-state index in [4.69, 9.17) is 4.74 Å². The molecule has 5 nitrogen and oxygen atoms in total. The Morgan fingerprint density at radius 1 is 1.00 bits per heavy atom. The molecule has 0 amide bonds. The number of nitrogens with one attached hydrogen (secondary N) is 1. The Hall–Kier alpha value is -2.41. The maximum atomic E-state index is 12.9. The molecule has 134 valence electrons. The van der Waals surface area contributed by atoms with Crippen LogP contribution in [0.3, 0.4) is 0 Å². The first-order valence-corrected chi connectivity index (χ1v) is 9.90. The Labute approximate surface area is 152 Å². The molecule has 0 fully saturated rings. The largest absolute Gasteiger partial charge is 0.493 e. The van der Waals surface area contributed by atoms with Gasteiger partial charge in [-0.05, 0) is 17.5 Å². The molecule has 3 aromatic carbocycles. The molecule has 4 rings (SSSR count). The Kier molecular flexibility index (Phi) is 4.19. The summed E-state index contributed by atoms with van der Waals surface area (Å²) in [6.45, 7) is 0.225. The van der Waals surface area contributed by atoms with Crippen LogP contribution in [0.5, 0.6) is 5.75 Å². The molecule has 1 aliphatic rings. The van der Waals surface area contributed by atoms with Crippen LogP contribution >= 0.6 is 0 Å². The van der Waals surface area contributed by atoms with E-state index in [2.05, 4.69) is 4.72 Å². The minimum atomic E-state index is -3.78. The van der Waals surface area contributed by atoms with Crippen LogP contribution in [0.25, 0.3) is 10.8 Å². The Balaban J connectivity index is 1.65. The third-order valence-corrected chi connectivity index (χ3v) is 6.21. The van der Waals surface area contributed by atoms with E-state index in [0.717, 1.165) is 5.39 Å². The predicted octanol–water partition coefficient (Wildman–Crippen LogP) is 2.79. The predicted molar refractivity (Wildman–Crippen MR) is 99.6 cm³/mol. The van der Waals surface area contributed by atoms with E-state index in [1.165, 1.54) is 0 Å². The maximum absolute atomic E-state index is 12.9. The van der Waals surface area contributed by atoms with Gasteiger partial charge in [-0.25, -0.2) is 13.1 Å². The number of ether oxygens (including phenoxy) is 1. The third kappa shape index (κ3) is 2.96. The number of sulfonamides is 1. The molecule has 1 aliphatic heterocycles. The molecule has 1 unspecified atom stereocenters. The SMILES string of the molecule is O=S(=O)(NCC1(O)CCOc2ccccc21)c1cccc2ccccc12. The molecule has 1 heterocycles. The molecule has 26 heavy (non-hydrogen) atoms. The van der Waals surface area contributed by atoms with Gasteiger partial charge >= 0.3 is 0 Å². The van der Waals surface area contributed by atoms with Crippen molar-refractivity contribution in [2.24, 2.45) is 0 Å². The summed E-state index contributed by atoms with van der Waals surface area (Å²) < 4.78 is 33.9. The fraction of sp³-hybridized carbons (Fsp3) is 0.200. The van der Waals surface area contributed by atoms with E-state index in [0.29, 0.717) is 29.7 Å². The first-order chi connectivity index (χ1) is 12.5. The summed E-state index contributed by atoms with van der Waals surface area (Å²) in [5.74, 6) is 0.589. The van der Waals surface area contributed by atoms with Crippen molar-refractivity contribution >= 4 is 20.8 Å². The van der Waals surface area contributed by atoms with Crippen LogP contribution in [0.2, 0.25) is 0 Å². The Morgan fingerprint density at radius 3 is 2.62 bits per heavy atom. The zero-order valence-electron chi connectivity index (χ0n) is 14.1. The van der Waals surface area contributed by atoms with Crippen LogP contribution in [0.4, 0.5) is 0 Å². The van der Waals surface area contributed by atoms with Crippen molar-refractivity contribution in [3.8, 4) is 5.75 Å². The van der Waals surface area contributed by atoms with E-state index in [-0.39, 0.29) is 11.4 Å². The van der Waals surface area contributed by atoms with Crippen molar-refractivity contribution in [2.45, 2.75) is 16.9 Å². The van der Waals surface area contributed by atoms with E-state index >= 15 is 0 Å². The molecule has 0 aromatic heterocycles. The van der Waals surface area contributed by atoms with Crippen LogP contribution in [0.1, 0.15) is 12.0 Å². The summed E-state index contributed by atoms with van der Waals surface area (Å²) in [5, 5.41) is 12.5. The average Bonchev–Trinajstić information content (AvgIpc) is 2.67. The molecule has 3 aromatic rings. The monoisotopic (exact) mass is 369 g/mol. The highest BCUT2D eigenvalue weighted by atomic mass is 32.2. The van der Waals surface area contributed by atoms with Crippen LogP contribution in [-0.4, -0.2) is 26.7 Å². The lowest BCUT2D eigenvalue weighted by Gasteiger charge is -2.34. The summed E-state index contributed by atoms with van der Waals surface area (Å²) in [5.41, 5.74) is -0.696. The summed E-state index contributed by atoms with van der Waals surface area (Å²) >= 11 is 0. The van der Waals surface area contributed by atoms with Crippen molar-refractivity contribution in [3.63, 3.8) is 0 Å². The molecule has 0 radical (unpaired) electrons. The van der Waals surface area contributed by atoms with E-state index < -0.39 is 15.6 Å². The standard InChI is InChI=1S/C20H19NO4S/c22-20(12-13-25-18-10-4-3-9-17(18)20)14-21-26(23,24)19-11-5-7-15-6-1-2-8-16(15)19/h1-11,21-22H,12-14H2. The van der Waals surface area contributed by atoms with Gasteiger partial charge in [-0.15, -0.1) is 0 Å². The molecular formula is C20H19NO4S. The van der Waals surface area contributed by atoms with Gasteiger partial charge in [-0.2, -0.15) is 0 Å². The van der Waals surface area contributed by atoms with E-state index in [1.54, 1.807) is 36.4 Å². The second-order valence-electron chi connectivity index (χ2n) is 6.43. The Morgan fingerprint density at radius 2 is 1.73 bits per heavy atom. The molecule has 0 bridgehead atoms. The minimum Gasteiger partial charge on any atom is -0.493 e. The van der Waals surface area contributed by atoms with Gasteiger partial charge in [0.1, 0.15) is 11.4 Å². The first-order valence-electron chi connectivity index (χ1n) is 8.42. The lowest BCUT2D eigenvalue weighted by Crippen LogP contribution is -2.43. The van der Waals surface area contributed by atoms with Crippen LogP contribution in [0, 0.1) is 0 Å². The van der Waals surface area contributed by atoms with Gasteiger partial charge in [0, 0.05) is 23.9 Å². The highest BCUT2D eigenvalue weighted by Crippen LogP contribution is 2.36. The number of benzene rings is 3. The minimum absolute atomic E-state index is 0.112. The van der Waals surface area contributed by atoms with Gasteiger partial charge in [-0.3, -0.25) is 0 Å². The van der Waals surface area contributed by atoms with Gasteiger partial charge in [0.05, 0.1) is 11.5 Å². The lowest BCUT2D eigenvalue weighted by atomic mass is 9.88. The fourth-order valence-corrected chi connectivity index (χ4v) is 4.66. The molecule has 2 N–H and O–H groups in total. The molecule has 0 spiro atoms. The van der Waals surface area contributed by atoms with Gasteiger partial charge in [0.15, 0.2) is 0 Å². The van der Waals surface area contributed by atoms with Crippen molar-refractivity contribution < 1.29 is 18.3 Å². The summed E-state index contributed by atoms with van der Waals surface area (Å²) in [6.07, 6.45) is 0.321. The van der Waals surface area contributed by atoms with E-state index in [1.807, 2.05) is 30.3 Å². The van der Waals surface area contributed by atoms with Gasteiger partial charge in [0.25, 0.3) is 0 Å². The number of aliphatic hydroxyl groups is 1. The quantitative estimate of drug-likeness (QED) is 0.742. The molecule has 0 aliphatic carbocycles. The highest BCUT2D eigenvalue weighted by Gasteiger charge is 2.36. The lowest BCUT2D eigenvalue weighted by molar-refractivity contribution is 0.00219. The van der Waals surface area contributed by atoms with E-state index in [9.17, 15) is 13.5 Å². The first kappa shape index (κ1) is 17.0. The smallest absolute Gasteiger partial charge is 0.241 e. The number of fused-ring (bicyclic) bond motifs is 2. The zero-order valence-corrected chi connectivity index (χ0v) is 14.9. The van der Waals surface area contributed by atoms with Crippen LogP contribution < -0.4 is 9.46 Å². The van der Waals surface area contributed by atoms with Crippen LogP contribution in [0.15, 0.2) is 71.6 Å². The number of para-hydroxylation sites is 1. The molecule has 1 atom stereocenters. The number of hydrogen-bond donors (Lipinski definition) is 2. The highest BCUT2D eigenvalue weighted by molar-refractivity contribution is 7.89. The summed E-state index contributed by atoms with van der Waals surface area (Å²) in [6, 6.07) is 19.7. The fourth-order valence-electron chi connectivity index (χ4n) is 3.35. The maximum Gasteiger partial charge on any atom is 0.241 e. The van der Waals surface area contributed by atoms with Crippen LogP contribution in [-0.2, 0) is 15.6 Å². The summed E-state index contributed by atoms with van der Waals surface area (Å²) in [4.78, 5) is 0.208. The number of hydrogen-bond acceptors (Lipinski definition) is 4. The normalized spacial score (nSPS) is 19.7. The molecule has 0 saturated carbocycles. The number of rotatable bonds is 4. The molecule has 6 heteroatoms. The topological polar surface area (TPSA) is 75.6 Å². The van der Waals surface area contributed by atoms with Gasteiger partial charge in [0.2, 0.25) is 10.0 Å². The molecule has 0 saturated heterocycles. The average molecular weight is 369 g/mol. The second-order valence-corrected chi connectivity index (χ2v) is 8.16. The van der Waals surface area contributed by atoms with Gasteiger partial charge < -0.3 is 9.84 Å². The summed E-state index contributed by atoms with van der Waals surface area (Å²) in [7, 11) is -3.78. The molecular weight excluding hydrogens is 350 g/mol. The van der Waals surface area contributed by atoms with Crippen molar-refractivity contribution in [3.05, 3.63) is 72.3 Å². The Bertz CT molecular complexity index is 1060. The second kappa shape index (κ2) is 6.39. The van der Waals surface area contributed by atoms with Crippen molar-refractivity contribution in [1.82, 2.24) is 4.72 Å². The zero-order chi connectivity index (χ0) is 18.2. The van der Waals surface area contributed by atoms with Gasteiger partial charge in [-0.1, -0.05) is 54.6 Å². The van der Waals surface area contributed by atoms with Crippen molar-refractivity contribution in [2.75, 3.05) is 13.2 Å².